The molecule has 1 amide bonds. The van der Waals surface area contributed by atoms with Crippen LogP contribution in [0.2, 0.25) is 0 Å². The maximum Gasteiger partial charge on any atom is 0.291 e. The van der Waals surface area contributed by atoms with E-state index < -0.39 is 0 Å². The number of hydrogen-bond donors (Lipinski definition) is 1. The average Bonchev–Trinajstić information content (AvgIpc) is 3.16. The van der Waals surface area contributed by atoms with Crippen molar-refractivity contribution in [3.05, 3.63) is 76.7 Å². The summed E-state index contributed by atoms with van der Waals surface area (Å²) in [5.41, 5.74) is 2.79. The van der Waals surface area contributed by atoms with Gasteiger partial charge in [0, 0.05) is 55.4 Å². The lowest BCUT2D eigenvalue weighted by atomic mass is 10.1. The van der Waals surface area contributed by atoms with Gasteiger partial charge in [0.05, 0.1) is 6.20 Å². The quantitative estimate of drug-likeness (QED) is 0.393. The van der Waals surface area contributed by atoms with Gasteiger partial charge < -0.3 is 14.8 Å². The van der Waals surface area contributed by atoms with Gasteiger partial charge in [0.25, 0.3) is 5.56 Å². The zero-order valence-corrected chi connectivity index (χ0v) is 20.2. The largest absolute Gasteiger partial charge is 0.352 e. The fraction of sp³-hybridized carbons (Fsp3) is 0.370. The number of benzene rings is 2. The van der Waals surface area contributed by atoms with Crippen molar-refractivity contribution in [1.82, 2.24) is 24.6 Å². The number of nitrogens with zero attached hydrogens (tertiary/aromatic N) is 4. The highest BCUT2D eigenvalue weighted by Gasteiger charge is 2.16. The molecule has 0 aliphatic carbocycles. The lowest BCUT2D eigenvalue weighted by molar-refractivity contribution is -0.122. The maximum absolute atomic E-state index is 12.8. The third kappa shape index (κ3) is 5.20. The molecule has 4 aromatic rings. The molecule has 0 bridgehead atoms. The van der Waals surface area contributed by atoms with Crippen LogP contribution in [0.5, 0.6) is 0 Å². The highest BCUT2D eigenvalue weighted by Crippen LogP contribution is 2.26. The molecule has 2 aromatic heterocycles. The number of likely N-dealkylation sites (N-methyl/N-ethyl adjacent to an activating group) is 1. The monoisotopic (exact) mass is 459 g/mol. The number of carbonyl (C=O) groups excluding carboxylic acids is 1. The van der Waals surface area contributed by atoms with Gasteiger partial charge >= 0.3 is 0 Å². The fourth-order valence-corrected chi connectivity index (χ4v) is 4.58. The molecule has 0 spiro atoms. The molecule has 178 valence electrons. The summed E-state index contributed by atoms with van der Waals surface area (Å²) in [6.45, 7) is 4.35. The van der Waals surface area contributed by atoms with Gasteiger partial charge in [-0.3, -0.25) is 9.59 Å². The average molecular weight is 460 g/mol. The van der Waals surface area contributed by atoms with Crippen LogP contribution in [0.15, 0.2) is 65.6 Å². The fourth-order valence-electron chi connectivity index (χ4n) is 4.58. The summed E-state index contributed by atoms with van der Waals surface area (Å²) >= 11 is 0. The van der Waals surface area contributed by atoms with Crippen molar-refractivity contribution < 1.29 is 4.79 Å². The van der Waals surface area contributed by atoms with Crippen LogP contribution in [-0.4, -0.2) is 44.8 Å². The van der Waals surface area contributed by atoms with E-state index in [9.17, 15) is 9.59 Å². The number of aryl methyl sites for hydroxylation is 2. The van der Waals surface area contributed by atoms with Crippen molar-refractivity contribution in [2.24, 2.45) is 7.05 Å². The molecular formula is C27H33N5O2. The van der Waals surface area contributed by atoms with E-state index >= 15 is 0 Å². The predicted octanol–water partition coefficient (Wildman–Crippen LogP) is 3.70. The van der Waals surface area contributed by atoms with Crippen molar-refractivity contribution in [3.8, 4) is 0 Å². The molecule has 34 heavy (non-hydrogen) atoms. The lowest BCUT2D eigenvalue weighted by Gasteiger charge is -2.24. The third-order valence-corrected chi connectivity index (χ3v) is 6.34. The molecule has 0 aliphatic rings. The van der Waals surface area contributed by atoms with Crippen LogP contribution in [0.3, 0.4) is 0 Å². The minimum Gasteiger partial charge on any atom is -0.352 e. The number of amides is 1. The summed E-state index contributed by atoms with van der Waals surface area (Å²) in [4.78, 5) is 27.8. The zero-order chi connectivity index (χ0) is 24.1. The minimum atomic E-state index is -0.120. The van der Waals surface area contributed by atoms with Crippen LogP contribution < -0.4 is 10.9 Å². The molecule has 0 aliphatic heterocycles. The van der Waals surface area contributed by atoms with Crippen molar-refractivity contribution in [3.63, 3.8) is 0 Å². The summed E-state index contributed by atoms with van der Waals surface area (Å²) in [5.74, 6) is 0.0512. The molecule has 0 saturated carbocycles. The summed E-state index contributed by atoms with van der Waals surface area (Å²) in [6.07, 6.45) is 3.69. The number of nitrogens with one attached hydrogen (secondary N) is 1. The Morgan fingerprint density at radius 1 is 1.09 bits per heavy atom. The van der Waals surface area contributed by atoms with Crippen LogP contribution in [0.1, 0.15) is 31.7 Å². The molecular weight excluding hydrogens is 426 g/mol. The molecule has 0 radical (unpaired) electrons. The first-order valence-electron chi connectivity index (χ1n) is 11.9. The van der Waals surface area contributed by atoms with E-state index in [-0.39, 0.29) is 17.5 Å². The van der Waals surface area contributed by atoms with E-state index in [0.29, 0.717) is 24.9 Å². The van der Waals surface area contributed by atoms with Crippen LogP contribution in [-0.2, 0) is 24.9 Å². The normalized spacial score (nSPS) is 12.5. The summed E-state index contributed by atoms with van der Waals surface area (Å²) in [6, 6.07) is 18.4. The SMILES string of the molecule is CC[C@H](CN(C)Cc1ccccc1)NC(=O)CCCn1c2ccccc2c2cnn(C)c(=O)c21. The second-order valence-electron chi connectivity index (χ2n) is 8.96. The highest BCUT2D eigenvalue weighted by atomic mass is 16.1. The first-order chi connectivity index (χ1) is 16.5. The van der Waals surface area contributed by atoms with E-state index in [4.69, 9.17) is 0 Å². The molecule has 0 unspecified atom stereocenters. The van der Waals surface area contributed by atoms with Gasteiger partial charge in [-0.1, -0.05) is 55.5 Å². The van der Waals surface area contributed by atoms with Crippen molar-refractivity contribution in [2.75, 3.05) is 13.6 Å². The Morgan fingerprint density at radius 2 is 1.82 bits per heavy atom. The van der Waals surface area contributed by atoms with E-state index in [1.807, 2.05) is 47.0 Å². The van der Waals surface area contributed by atoms with Gasteiger partial charge in [-0.05, 0) is 31.5 Å². The van der Waals surface area contributed by atoms with Crippen molar-refractivity contribution >= 4 is 27.7 Å². The number of aromatic nitrogens is 3. The molecule has 4 rings (SSSR count). The molecule has 2 aromatic carbocycles. The third-order valence-electron chi connectivity index (χ3n) is 6.34. The van der Waals surface area contributed by atoms with E-state index in [1.165, 1.54) is 10.2 Å². The van der Waals surface area contributed by atoms with Gasteiger partial charge in [-0.25, -0.2) is 4.68 Å². The number of rotatable bonds is 10. The Kier molecular flexibility index (Phi) is 7.43. The summed E-state index contributed by atoms with van der Waals surface area (Å²) in [7, 11) is 3.75. The second-order valence-corrected chi connectivity index (χ2v) is 8.96. The van der Waals surface area contributed by atoms with E-state index in [1.54, 1.807) is 13.2 Å². The van der Waals surface area contributed by atoms with Crippen LogP contribution in [0.4, 0.5) is 0 Å². The standard InChI is InChI=1S/C27H33N5O2/c1-4-21(19-30(2)18-20-11-6-5-7-12-20)29-25(33)15-10-16-32-24-14-9-8-13-22(24)23-17-28-31(3)27(34)26(23)32/h5-9,11-14,17,21H,4,10,15-16,18-19H2,1-3H3,(H,29,33)/t21-/m1/s1. The molecule has 7 heteroatoms. The predicted molar refractivity (Wildman–Crippen MR) is 137 cm³/mol. The van der Waals surface area contributed by atoms with Crippen LogP contribution in [0, 0.1) is 0 Å². The van der Waals surface area contributed by atoms with Gasteiger partial charge in [-0.15, -0.1) is 0 Å². The van der Waals surface area contributed by atoms with E-state index in [0.717, 1.165) is 35.8 Å². The van der Waals surface area contributed by atoms with Gasteiger partial charge in [0.2, 0.25) is 5.91 Å². The van der Waals surface area contributed by atoms with Gasteiger partial charge in [-0.2, -0.15) is 5.10 Å². The van der Waals surface area contributed by atoms with Crippen LogP contribution >= 0.6 is 0 Å². The minimum absolute atomic E-state index is 0.0512. The Bertz CT molecular complexity index is 1330. The first kappa shape index (κ1) is 23.7. The molecule has 0 saturated heterocycles. The number of fused-ring (bicyclic) bond motifs is 3. The first-order valence-corrected chi connectivity index (χ1v) is 11.9. The summed E-state index contributed by atoms with van der Waals surface area (Å²) in [5, 5.41) is 9.26. The number of carbonyl (C=O) groups is 1. The summed E-state index contributed by atoms with van der Waals surface area (Å²) < 4.78 is 3.40. The Balaban J connectivity index is 1.38. The van der Waals surface area contributed by atoms with E-state index in [2.05, 4.69) is 41.4 Å². The molecule has 1 atom stereocenters. The van der Waals surface area contributed by atoms with Crippen molar-refractivity contribution in [1.29, 1.82) is 0 Å². The highest BCUT2D eigenvalue weighted by molar-refractivity contribution is 6.07. The smallest absolute Gasteiger partial charge is 0.291 e. The topological polar surface area (TPSA) is 72.2 Å². The lowest BCUT2D eigenvalue weighted by Crippen LogP contribution is -2.42. The Morgan fingerprint density at radius 3 is 2.59 bits per heavy atom. The second kappa shape index (κ2) is 10.7. The maximum atomic E-state index is 12.8. The molecule has 7 nitrogen and oxygen atoms in total. The Labute approximate surface area is 200 Å². The molecule has 2 heterocycles. The van der Waals surface area contributed by atoms with Crippen molar-refractivity contribution in [2.45, 2.75) is 45.3 Å². The van der Waals surface area contributed by atoms with Gasteiger partial charge in [0.1, 0.15) is 5.52 Å². The molecule has 1 N–H and O–H groups in total. The zero-order valence-electron chi connectivity index (χ0n) is 20.2. The Hall–Kier alpha value is -3.45. The number of hydrogen-bond acceptors (Lipinski definition) is 4. The molecule has 0 fully saturated rings. The number of para-hydroxylation sites is 1. The van der Waals surface area contributed by atoms with Crippen LogP contribution in [0.25, 0.3) is 21.8 Å². The van der Waals surface area contributed by atoms with Gasteiger partial charge in [0.15, 0.2) is 0 Å².